The van der Waals surface area contributed by atoms with Gasteiger partial charge in [-0.25, -0.2) is 4.68 Å². The molecule has 0 radical (unpaired) electrons. The van der Waals surface area contributed by atoms with E-state index in [4.69, 9.17) is 5.73 Å². The van der Waals surface area contributed by atoms with Gasteiger partial charge in [-0.2, -0.15) is 5.10 Å². The van der Waals surface area contributed by atoms with E-state index in [2.05, 4.69) is 10.4 Å². The van der Waals surface area contributed by atoms with Crippen LogP contribution < -0.4 is 11.1 Å². The molecule has 0 aliphatic rings. The van der Waals surface area contributed by atoms with E-state index in [1.165, 1.54) is 17.4 Å². The minimum Gasteiger partial charge on any atom is -0.366 e. The van der Waals surface area contributed by atoms with Crippen molar-refractivity contribution in [1.82, 2.24) is 15.1 Å². The summed E-state index contributed by atoms with van der Waals surface area (Å²) in [6, 6.07) is 11.0. The number of nitrogens with one attached hydrogen (secondary N) is 1. The number of hydrogen-bond acceptors (Lipinski definition) is 4. The van der Waals surface area contributed by atoms with Gasteiger partial charge in [0.2, 0.25) is 5.91 Å². The Morgan fingerprint density at radius 3 is 2.62 bits per heavy atom. The van der Waals surface area contributed by atoms with Crippen molar-refractivity contribution < 1.29 is 9.59 Å². The molecule has 0 fully saturated rings. The van der Waals surface area contributed by atoms with Gasteiger partial charge >= 0.3 is 0 Å². The van der Waals surface area contributed by atoms with Crippen LogP contribution in [0.15, 0.2) is 54.2 Å². The number of benzene rings is 1. The van der Waals surface area contributed by atoms with Crippen LogP contribution >= 0.6 is 11.3 Å². The molecule has 0 aliphatic carbocycles. The lowest BCUT2D eigenvalue weighted by molar-refractivity contribution is 0.0944. The molecule has 3 N–H and O–H groups in total. The molecular weight excluding hydrogens is 324 g/mol. The molecule has 1 aromatic carbocycles. The van der Waals surface area contributed by atoms with Gasteiger partial charge in [-0.1, -0.05) is 12.1 Å². The Kier molecular flexibility index (Phi) is 4.43. The van der Waals surface area contributed by atoms with Gasteiger partial charge in [-0.3, -0.25) is 9.59 Å². The number of aromatic nitrogens is 2. The first-order valence-corrected chi connectivity index (χ1v) is 8.22. The lowest BCUT2D eigenvalue weighted by Crippen LogP contribution is -2.26. The van der Waals surface area contributed by atoms with E-state index in [0.29, 0.717) is 10.4 Å². The van der Waals surface area contributed by atoms with E-state index in [9.17, 15) is 9.59 Å². The molecule has 2 amide bonds. The van der Waals surface area contributed by atoms with Gasteiger partial charge in [-0.15, -0.1) is 11.3 Å². The number of primary amides is 1. The fraction of sp³-hybridized carbons (Fsp3) is 0.118. The number of rotatable bonds is 5. The normalized spacial score (nSPS) is 11.9. The minimum atomic E-state index is -0.535. The second-order valence-electron chi connectivity index (χ2n) is 5.30. The van der Waals surface area contributed by atoms with Crippen molar-refractivity contribution in [3.8, 4) is 5.69 Å². The molecule has 7 heteroatoms. The molecule has 3 aromatic rings. The standard InChI is InChI=1S/C17H16N4O2S/c1-11(20-17(23)15-9-13(10-24-15)16(18)22)12-3-5-14(6-4-12)21-8-2-7-19-21/h2-11H,1H3,(H2,18,22)(H,20,23)/t11-/m1/s1. The minimum absolute atomic E-state index is 0.164. The first-order chi connectivity index (χ1) is 11.5. The highest BCUT2D eigenvalue weighted by Gasteiger charge is 2.15. The molecule has 0 saturated heterocycles. The molecule has 1 atom stereocenters. The number of carbonyl (C=O) groups is 2. The summed E-state index contributed by atoms with van der Waals surface area (Å²) in [5, 5.41) is 8.68. The van der Waals surface area contributed by atoms with E-state index >= 15 is 0 Å². The third-order valence-corrected chi connectivity index (χ3v) is 4.55. The molecule has 0 aliphatic heterocycles. The molecular formula is C17H16N4O2S. The van der Waals surface area contributed by atoms with Crippen LogP contribution in [0.5, 0.6) is 0 Å². The summed E-state index contributed by atoms with van der Waals surface area (Å²) in [6.45, 7) is 1.91. The maximum atomic E-state index is 12.3. The quantitative estimate of drug-likeness (QED) is 0.748. The van der Waals surface area contributed by atoms with Crippen molar-refractivity contribution in [2.24, 2.45) is 5.73 Å². The number of hydrogen-bond donors (Lipinski definition) is 2. The summed E-state index contributed by atoms with van der Waals surface area (Å²) in [5.74, 6) is -0.760. The number of amides is 2. The fourth-order valence-corrected chi connectivity index (χ4v) is 3.07. The molecule has 24 heavy (non-hydrogen) atoms. The van der Waals surface area contributed by atoms with Crippen molar-refractivity contribution in [2.75, 3.05) is 0 Å². The average molecular weight is 340 g/mol. The summed E-state index contributed by atoms with van der Waals surface area (Å²) in [6.07, 6.45) is 3.59. The second-order valence-corrected chi connectivity index (χ2v) is 6.21. The average Bonchev–Trinajstić information content (AvgIpc) is 3.26. The van der Waals surface area contributed by atoms with E-state index in [-0.39, 0.29) is 11.9 Å². The topological polar surface area (TPSA) is 90.0 Å². The van der Waals surface area contributed by atoms with Crippen LogP contribution in [0.25, 0.3) is 5.69 Å². The monoisotopic (exact) mass is 340 g/mol. The number of nitrogens with zero attached hydrogens (tertiary/aromatic N) is 2. The first-order valence-electron chi connectivity index (χ1n) is 7.34. The molecule has 0 saturated carbocycles. The largest absolute Gasteiger partial charge is 0.366 e. The van der Waals surface area contributed by atoms with Gasteiger partial charge < -0.3 is 11.1 Å². The predicted molar refractivity (Wildman–Crippen MR) is 92.3 cm³/mol. The molecule has 3 rings (SSSR count). The summed E-state index contributed by atoms with van der Waals surface area (Å²) in [4.78, 5) is 23.8. The van der Waals surface area contributed by atoms with Gasteiger partial charge in [0.05, 0.1) is 22.2 Å². The maximum absolute atomic E-state index is 12.3. The highest BCUT2D eigenvalue weighted by molar-refractivity contribution is 7.12. The molecule has 0 unspecified atom stereocenters. The molecule has 2 heterocycles. The van der Waals surface area contributed by atoms with Gasteiger partial charge in [0, 0.05) is 17.8 Å². The van der Waals surface area contributed by atoms with E-state index < -0.39 is 5.91 Å². The SMILES string of the molecule is C[C@@H](NC(=O)c1cc(C(N)=O)cs1)c1ccc(-n2cccn2)cc1. The van der Waals surface area contributed by atoms with Gasteiger partial charge in [0.15, 0.2) is 0 Å². The number of carbonyl (C=O) groups excluding carboxylic acids is 2. The first kappa shape index (κ1) is 15.9. The Balaban J connectivity index is 1.68. The molecule has 122 valence electrons. The zero-order chi connectivity index (χ0) is 17.1. The van der Waals surface area contributed by atoms with E-state index in [1.807, 2.05) is 43.5 Å². The lowest BCUT2D eigenvalue weighted by atomic mass is 10.1. The summed E-state index contributed by atoms with van der Waals surface area (Å²) in [5.41, 5.74) is 7.48. The Labute approximate surface area is 142 Å². The zero-order valence-electron chi connectivity index (χ0n) is 13.0. The maximum Gasteiger partial charge on any atom is 0.261 e. The van der Waals surface area contributed by atoms with Crippen LogP contribution in [0.2, 0.25) is 0 Å². The Morgan fingerprint density at radius 2 is 2.04 bits per heavy atom. The third-order valence-electron chi connectivity index (χ3n) is 3.62. The van der Waals surface area contributed by atoms with Crippen LogP contribution in [0.1, 0.15) is 38.6 Å². The van der Waals surface area contributed by atoms with Crippen molar-refractivity contribution >= 4 is 23.2 Å². The molecule has 0 bridgehead atoms. The Hall–Kier alpha value is -2.93. The van der Waals surface area contributed by atoms with Crippen molar-refractivity contribution in [1.29, 1.82) is 0 Å². The molecule has 0 spiro atoms. The molecule has 2 aromatic heterocycles. The van der Waals surface area contributed by atoms with E-state index in [1.54, 1.807) is 16.3 Å². The zero-order valence-corrected chi connectivity index (χ0v) is 13.8. The smallest absolute Gasteiger partial charge is 0.261 e. The highest BCUT2D eigenvalue weighted by atomic mass is 32.1. The van der Waals surface area contributed by atoms with Gasteiger partial charge in [0.1, 0.15) is 0 Å². The number of thiophene rings is 1. The van der Waals surface area contributed by atoms with Crippen LogP contribution in [-0.4, -0.2) is 21.6 Å². The van der Waals surface area contributed by atoms with Gasteiger partial charge in [-0.05, 0) is 36.8 Å². The Morgan fingerprint density at radius 1 is 1.29 bits per heavy atom. The number of nitrogens with two attached hydrogens (primary N) is 1. The van der Waals surface area contributed by atoms with Crippen LogP contribution in [0, 0.1) is 0 Å². The van der Waals surface area contributed by atoms with Crippen molar-refractivity contribution in [3.63, 3.8) is 0 Å². The van der Waals surface area contributed by atoms with Crippen molar-refractivity contribution in [3.05, 3.63) is 70.2 Å². The fourth-order valence-electron chi connectivity index (χ4n) is 2.27. The van der Waals surface area contributed by atoms with Crippen LogP contribution in [0.3, 0.4) is 0 Å². The third kappa shape index (κ3) is 3.36. The van der Waals surface area contributed by atoms with E-state index in [0.717, 1.165) is 11.3 Å². The summed E-state index contributed by atoms with van der Waals surface area (Å²) in [7, 11) is 0. The lowest BCUT2D eigenvalue weighted by Gasteiger charge is -2.14. The summed E-state index contributed by atoms with van der Waals surface area (Å²) >= 11 is 1.20. The van der Waals surface area contributed by atoms with Crippen molar-refractivity contribution in [2.45, 2.75) is 13.0 Å². The highest BCUT2D eigenvalue weighted by Crippen LogP contribution is 2.18. The van der Waals surface area contributed by atoms with Crippen LogP contribution in [0.4, 0.5) is 0 Å². The Bertz CT molecular complexity index is 853. The second kappa shape index (κ2) is 6.67. The molecule has 6 nitrogen and oxygen atoms in total. The predicted octanol–water partition coefficient (Wildman–Crippen LogP) is 2.52. The van der Waals surface area contributed by atoms with Crippen LogP contribution in [-0.2, 0) is 0 Å². The summed E-state index contributed by atoms with van der Waals surface area (Å²) < 4.78 is 1.77. The van der Waals surface area contributed by atoms with Gasteiger partial charge in [0.25, 0.3) is 5.91 Å².